The average Bonchev–Trinajstić information content (AvgIpc) is 3.02. The van der Waals surface area contributed by atoms with Crippen LogP contribution < -0.4 is 5.32 Å². The molecule has 0 spiro atoms. The maximum absolute atomic E-state index is 13.0. The molecule has 1 aromatic rings. The number of hydrogen-bond acceptors (Lipinski definition) is 4. The van der Waals surface area contributed by atoms with Crippen LogP contribution >= 0.6 is 0 Å². The Hall–Kier alpha value is -1.91. The first-order valence-corrected chi connectivity index (χ1v) is 13.2. The number of fused-ring (bicyclic) bond motifs is 2. The molecule has 4 aliphatic rings. The minimum absolute atomic E-state index is 0.0595. The number of sulfonamides is 1. The highest BCUT2D eigenvalue weighted by Gasteiger charge is 2.46. The SMILES string of the molecule is N#Cc1ccccc1S(=O)(=O)N1CCC(C(=O)NC2CCC3CC4CC3CC2C4)CC1. The molecule has 3 aliphatic carbocycles. The van der Waals surface area contributed by atoms with Crippen molar-refractivity contribution in [2.45, 2.75) is 62.3 Å². The third kappa shape index (κ3) is 3.89. The van der Waals surface area contributed by atoms with E-state index in [0.29, 0.717) is 37.9 Å². The summed E-state index contributed by atoms with van der Waals surface area (Å²) in [6.45, 7) is 0.640. The Morgan fingerprint density at radius 1 is 0.968 bits per heavy atom. The molecule has 0 aromatic heterocycles. The quantitative estimate of drug-likeness (QED) is 0.776. The second-order valence-corrected chi connectivity index (χ2v) is 12.0. The first kappa shape index (κ1) is 21.0. The van der Waals surface area contributed by atoms with Crippen LogP contribution in [0.3, 0.4) is 0 Å². The molecule has 6 nitrogen and oxygen atoms in total. The normalized spacial score (nSPS) is 33.6. The summed E-state index contributed by atoms with van der Waals surface area (Å²) in [4.78, 5) is 13.1. The molecule has 1 aliphatic heterocycles. The lowest BCUT2D eigenvalue weighted by Gasteiger charge is -2.35. The van der Waals surface area contributed by atoms with E-state index in [0.717, 1.165) is 24.2 Å². The maximum Gasteiger partial charge on any atom is 0.244 e. The van der Waals surface area contributed by atoms with Crippen LogP contribution in [0.2, 0.25) is 0 Å². The Morgan fingerprint density at radius 2 is 1.68 bits per heavy atom. The monoisotopic (exact) mass is 441 g/mol. The lowest BCUT2D eigenvalue weighted by atomic mass is 9.77. The second-order valence-electron chi connectivity index (χ2n) is 10.1. The van der Waals surface area contributed by atoms with E-state index in [1.807, 2.05) is 6.07 Å². The molecule has 1 heterocycles. The van der Waals surface area contributed by atoms with E-state index in [2.05, 4.69) is 5.32 Å². The molecule has 31 heavy (non-hydrogen) atoms. The number of nitrogens with one attached hydrogen (secondary N) is 1. The highest BCUT2D eigenvalue weighted by Crippen LogP contribution is 2.53. The van der Waals surface area contributed by atoms with Crippen molar-refractivity contribution in [1.29, 1.82) is 5.26 Å². The molecular formula is C24H31N3O3S. The van der Waals surface area contributed by atoms with Gasteiger partial charge >= 0.3 is 0 Å². The molecule has 1 N–H and O–H groups in total. The summed E-state index contributed by atoms with van der Waals surface area (Å²) >= 11 is 0. The van der Waals surface area contributed by atoms with E-state index in [1.54, 1.807) is 12.1 Å². The number of benzene rings is 1. The van der Waals surface area contributed by atoms with Crippen LogP contribution in [0.1, 0.15) is 56.9 Å². The van der Waals surface area contributed by atoms with E-state index in [9.17, 15) is 18.5 Å². The fourth-order valence-electron chi connectivity index (χ4n) is 6.82. The third-order valence-electron chi connectivity index (χ3n) is 8.38. The molecule has 1 aromatic carbocycles. The molecule has 5 rings (SSSR count). The van der Waals surface area contributed by atoms with Gasteiger partial charge in [-0.05, 0) is 87.2 Å². The van der Waals surface area contributed by atoms with Crippen molar-refractivity contribution in [2.24, 2.45) is 29.6 Å². The van der Waals surface area contributed by atoms with Gasteiger partial charge in [0, 0.05) is 25.0 Å². The summed E-state index contributed by atoms with van der Waals surface area (Å²) in [6.07, 6.45) is 8.78. The van der Waals surface area contributed by atoms with Gasteiger partial charge in [0.05, 0.1) is 10.5 Å². The number of hydrogen-bond donors (Lipinski definition) is 1. The van der Waals surface area contributed by atoms with Gasteiger partial charge in [0.2, 0.25) is 15.9 Å². The smallest absolute Gasteiger partial charge is 0.244 e. The number of rotatable bonds is 4. The molecule has 5 unspecified atom stereocenters. The molecule has 3 saturated carbocycles. The van der Waals surface area contributed by atoms with Crippen molar-refractivity contribution < 1.29 is 13.2 Å². The number of nitriles is 1. The van der Waals surface area contributed by atoms with Crippen molar-refractivity contribution in [3.63, 3.8) is 0 Å². The standard InChI is InChI=1S/C24H31N3O3S/c25-15-19-3-1-2-4-23(19)31(29,30)27-9-7-17(8-10-27)24(28)26-22-6-5-18-11-16-12-20(18)14-21(22)13-16/h1-4,16-18,20-22H,5-14H2,(H,26,28). The van der Waals surface area contributed by atoms with Gasteiger partial charge in [0.15, 0.2) is 0 Å². The number of nitrogens with zero attached hydrogens (tertiary/aromatic N) is 2. The summed E-state index contributed by atoms with van der Waals surface area (Å²) < 4.78 is 27.5. The van der Waals surface area contributed by atoms with E-state index in [-0.39, 0.29) is 22.3 Å². The zero-order valence-corrected chi connectivity index (χ0v) is 18.7. The first-order chi connectivity index (χ1) is 15.0. The largest absolute Gasteiger partial charge is 0.353 e. The number of amides is 1. The summed E-state index contributed by atoms with van der Waals surface area (Å²) in [5.74, 6) is 3.24. The van der Waals surface area contributed by atoms with Crippen molar-refractivity contribution in [2.75, 3.05) is 13.1 Å². The summed E-state index contributed by atoms with van der Waals surface area (Å²) in [6, 6.07) is 8.59. The van der Waals surface area contributed by atoms with Crippen LogP contribution in [0.5, 0.6) is 0 Å². The van der Waals surface area contributed by atoms with Gasteiger partial charge in [0.25, 0.3) is 0 Å². The van der Waals surface area contributed by atoms with Crippen molar-refractivity contribution in [3.05, 3.63) is 29.8 Å². The van der Waals surface area contributed by atoms with Gasteiger partial charge in [-0.2, -0.15) is 9.57 Å². The van der Waals surface area contributed by atoms with E-state index in [1.165, 1.54) is 48.5 Å². The summed E-state index contributed by atoms with van der Waals surface area (Å²) in [7, 11) is -3.72. The molecule has 0 radical (unpaired) electrons. The fourth-order valence-corrected chi connectivity index (χ4v) is 8.43. The van der Waals surface area contributed by atoms with Gasteiger partial charge in [-0.1, -0.05) is 12.1 Å². The maximum atomic E-state index is 13.0. The zero-order chi connectivity index (χ0) is 21.6. The Balaban J connectivity index is 1.20. The molecular weight excluding hydrogens is 410 g/mol. The van der Waals surface area contributed by atoms with Crippen molar-refractivity contribution in [3.8, 4) is 6.07 Å². The highest BCUT2D eigenvalue weighted by atomic mass is 32.2. The van der Waals surface area contributed by atoms with Crippen molar-refractivity contribution in [1.82, 2.24) is 9.62 Å². The van der Waals surface area contributed by atoms with Gasteiger partial charge in [-0.15, -0.1) is 0 Å². The summed E-state index contributed by atoms with van der Waals surface area (Å²) in [5.41, 5.74) is 0.166. The third-order valence-corrected chi connectivity index (χ3v) is 10.3. The van der Waals surface area contributed by atoms with E-state index >= 15 is 0 Å². The van der Waals surface area contributed by atoms with Crippen LogP contribution in [-0.4, -0.2) is 37.8 Å². The van der Waals surface area contributed by atoms with Crippen molar-refractivity contribution >= 4 is 15.9 Å². The minimum Gasteiger partial charge on any atom is -0.353 e. The topological polar surface area (TPSA) is 90.3 Å². The van der Waals surface area contributed by atoms with Gasteiger partial charge in [-0.3, -0.25) is 4.79 Å². The van der Waals surface area contributed by atoms with Gasteiger partial charge in [-0.25, -0.2) is 8.42 Å². The van der Waals surface area contributed by atoms with E-state index in [4.69, 9.17) is 0 Å². The lowest BCUT2D eigenvalue weighted by molar-refractivity contribution is -0.127. The number of carbonyl (C=O) groups is 1. The predicted octanol–water partition coefficient (Wildman–Crippen LogP) is 3.29. The second kappa shape index (κ2) is 8.22. The van der Waals surface area contributed by atoms with Crippen LogP contribution in [0.25, 0.3) is 0 Å². The molecule has 7 heteroatoms. The van der Waals surface area contributed by atoms with E-state index < -0.39 is 10.0 Å². The molecule has 5 atom stereocenters. The molecule has 3 bridgehead atoms. The molecule has 4 fully saturated rings. The lowest BCUT2D eigenvalue weighted by Crippen LogP contribution is -2.47. The van der Waals surface area contributed by atoms with Crippen LogP contribution in [0, 0.1) is 40.9 Å². The zero-order valence-electron chi connectivity index (χ0n) is 17.9. The van der Waals surface area contributed by atoms with Gasteiger partial charge < -0.3 is 5.32 Å². The average molecular weight is 442 g/mol. The Kier molecular flexibility index (Phi) is 5.56. The molecule has 166 valence electrons. The van der Waals surface area contributed by atoms with Crippen LogP contribution in [0.4, 0.5) is 0 Å². The van der Waals surface area contributed by atoms with Crippen LogP contribution in [0.15, 0.2) is 29.2 Å². The number of carbonyl (C=O) groups excluding carboxylic acids is 1. The number of piperidine rings is 1. The Morgan fingerprint density at radius 3 is 2.45 bits per heavy atom. The summed E-state index contributed by atoms with van der Waals surface area (Å²) in [5, 5.41) is 12.6. The minimum atomic E-state index is -3.72. The Labute approximate surface area is 185 Å². The predicted molar refractivity (Wildman–Crippen MR) is 116 cm³/mol. The van der Waals surface area contributed by atoms with Crippen LogP contribution in [-0.2, 0) is 14.8 Å². The Bertz CT molecular complexity index is 994. The highest BCUT2D eigenvalue weighted by molar-refractivity contribution is 7.89. The molecule has 1 saturated heterocycles. The first-order valence-electron chi connectivity index (χ1n) is 11.8. The van der Waals surface area contributed by atoms with Gasteiger partial charge in [0.1, 0.15) is 6.07 Å². The fraction of sp³-hybridized carbons (Fsp3) is 0.667. The molecule has 1 amide bonds.